The summed E-state index contributed by atoms with van der Waals surface area (Å²) in [4.78, 5) is 0. The fraction of sp³-hybridized carbons (Fsp3) is 0.875. The summed E-state index contributed by atoms with van der Waals surface area (Å²) in [5.74, 6) is 5.52. The van der Waals surface area contributed by atoms with E-state index in [1.54, 1.807) is 0 Å². The van der Waals surface area contributed by atoms with E-state index in [0.29, 0.717) is 28.8 Å². The first kappa shape index (κ1) is 26.7. The minimum Gasteiger partial charge on any atom is -0.414 e. The van der Waals surface area contributed by atoms with Crippen LogP contribution in [0.2, 0.25) is 19.6 Å². The maximum absolute atomic E-state index is 6.71. The van der Waals surface area contributed by atoms with Crippen LogP contribution in [0.15, 0.2) is 23.8 Å². The Morgan fingerprint density at radius 1 is 1.03 bits per heavy atom. The van der Waals surface area contributed by atoms with Crippen LogP contribution < -0.4 is 0 Å². The van der Waals surface area contributed by atoms with Crippen LogP contribution in [0.3, 0.4) is 0 Å². The van der Waals surface area contributed by atoms with Gasteiger partial charge in [-0.1, -0.05) is 65.3 Å². The Balaban J connectivity index is 1.50. The van der Waals surface area contributed by atoms with Crippen molar-refractivity contribution in [2.24, 2.45) is 52.3 Å². The van der Waals surface area contributed by atoms with Crippen molar-refractivity contribution >= 4 is 8.32 Å². The van der Waals surface area contributed by atoms with Crippen molar-refractivity contribution in [1.82, 2.24) is 0 Å². The molecule has 34 heavy (non-hydrogen) atoms. The molecule has 1 nitrogen and oxygen atoms in total. The summed E-state index contributed by atoms with van der Waals surface area (Å²) in [6.45, 7) is 26.5. The molecule has 0 bridgehead atoms. The monoisotopic (exact) mass is 484 g/mol. The van der Waals surface area contributed by atoms with Gasteiger partial charge in [-0.15, -0.1) is 0 Å². The molecule has 2 unspecified atom stereocenters. The molecule has 0 spiro atoms. The van der Waals surface area contributed by atoms with E-state index in [4.69, 9.17) is 4.43 Å². The molecule has 0 aliphatic heterocycles. The zero-order valence-corrected chi connectivity index (χ0v) is 25.2. The molecule has 0 saturated heterocycles. The largest absolute Gasteiger partial charge is 0.414 e. The third kappa shape index (κ3) is 4.69. The van der Waals surface area contributed by atoms with Crippen molar-refractivity contribution in [2.45, 2.75) is 125 Å². The molecule has 0 aromatic rings. The average molecular weight is 485 g/mol. The zero-order valence-electron chi connectivity index (χ0n) is 24.2. The predicted octanol–water partition coefficient (Wildman–Crippen LogP) is 9.66. The Bertz CT molecular complexity index is 789. The Labute approximate surface area is 213 Å². The van der Waals surface area contributed by atoms with Crippen molar-refractivity contribution in [3.63, 3.8) is 0 Å². The number of allylic oxidation sites excluding steroid dienone is 3. The van der Waals surface area contributed by atoms with Crippen LogP contribution in [0.25, 0.3) is 0 Å². The van der Waals surface area contributed by atoms with Gasteiger partial charge in [0.25, 0.3) is 0 Å². The zero-order chi connectivity index (χ0) is 25.1. The van der Waals surface area contributed by atoms with Gasteiger partial charge in [0, 0.05) is 6.10 Å². The maximum Gasteiger partial charge on any atom is 0.184 e. The van der Waals surface area contributed by atoms with Gasteiger partial charge in [-0.2, -0.15) is 0 Å². The summed E-state index contributed by atoms with van der Waals surface area (Å²) in [6.07, 6.45) is 15.6. The summed E-state index contributed by atoms with van der Waals surface area (Å²) < 4.78 is 6.71. The van der Waals surface area contributed by atoms with E-state index in [1.165, 1.54) is 63.4 Å². The fourth-order valence-electron chi connectivity index (χ4n) is 9.43. The quantitative estimate of drug-likeness (QED) is 0.258. The SMILES string of the molecule is C=C(CC[C@@H](C)[C@H]1CC[C@H]2C3=CCC4[C@H](C)C(O[Si](C)(C)C)CC[C@]4(C)[C@H]3CC[C@]12C)C(C)C. The van der Waals surface area contributed by atoms with Gasteiger partial charge >= 0.3 is 0 Å². The van der Waals surface area contributed by atoms with Crippen molar-refractivity contribution in [3.05, 3.63) is 23.8 Å². The lowest BCUT2D eigenvalue weighted by Crippen LogP contribution is -2.54. The summed E-state index contributed by atoms with van der Waals surface area (Å²) in [5, 5.41) is 0. The number of rotatable bonds is 7. The Morgan fingerprint density at radius 2 is 1.68 bits per heavy atom. The Kier molecular flexibility index (Phi) is 7.47. The summed E-state index contributed by atoms with van der Waals surface area (Å²) in [5.41, 5.74) is 4.37. The van der Waals surface area contributed by atoms with Gasteiger partial charge < -0.3 is 4.43 Å². The molecule has 4 aliphatic carbocycles. The van der Waals surface area contributed by atoms with Crippen LogP contribution in [0.1, 0.15) is 99.3 Å². The third-order valence-corrected chi connectivity index (χ3v) is 12.6. The molecule has 2 heteroatoms. The van der Waals surface area contributed by atoms with E-state index in [1.807, 2.05) is 5.57 Å². The average Bonchev–Trinajstić information content (AvgIpc) is 3.10. The molecule has 0 heterocycles. The molecular weight excluding hydrogens is 428 g/mol. The second kappa shape index (κ2) is 9.51. The van der Waals surface area contributed by atoms with E-state index in [0.717, 1.165) is 29.6 Å². The molecule has 4 aliphatic rings. The molecular formula is C32H56OSi. The highest BCUT2D eigenvalue weighted by molar-refractivity contribution is 6.69. The highest BCUT2D eigenvalue weighted by atomic mass is 28.4. The fourth-order valence-corrected chi connectivity index (χ4v) is 10.7. The van der Waals surface area contributed by atoms with Gasteiger partial charge in [0.15, 0.2) is 8.32 Å². The standard InChI is InChI=1S/C32H56OSi/c1-21(2)22(3)11-12-23(4)26-15-16-28-25-13-14-27-24(5)30(33-34(8,9)10)18-20-32(27,7)29(25)17-19-31(26,28)6/h13,21,23-24,26-30H,3,11-12,14-20H2,1-2,4-10H3/t23-,24+,26-,27?,28+,29+,30?,31-,32+/m1/s1. The summed E-state index contributed by atoms with van der Waals surface area (Å²) in [7, 11) is -1.49. The van der Waals surface area contributed by atoms with E-state index in [2.05, 4.69) is 73.8 Å². The lowest BCUT2D eigenvalue weighted by Gasteiger charge is -2.60. The van der Waals surface area contributed by atoms with Crippen molar-refractivity contribution in [3.8, 4) is 0 Å². The van der Waals surface area contributed by atoms with E-state index in [9.17, 15) is 0 Å². The van der Waals surface area contributed by atoms with Crippen LogP contribution in [0.4, 0.5) is 0 Å². The molecule has 9 atom stereocenters. The molecule has 0 amide bonds. The third-order valence-electron chi connectivity index (χ3n) is 11.6. The van der Waals surface area contributed by atoms with Crippen LogP contribution in [-0.2, 0) is 4.43 Å². The van der Waals surface area contributed by atoms with E-state index < -0.39 is 8.32 Å². The number of hydrogen-bond donors (Lipinski definition) is 0. The molecule has 194 valence electrons. The highest BCUT2D eigenvalue weighted by Gasteiger charge is 2.59. The van der Waals surface area contributed by atoms with Gasteiger partial charge in [-0.25, -0.2) is 0 Å². The maximum atomic E-state index is 6.71. The lowest BCUT2D eigenvalue weighted by molar-refractivity contribution is -0.0718. The first-order valence-corrected chi connectivity index (χ1v) is 18.2. The van der Waals surface area contributed by atoms with Crippen molar-refractivity contribution < 1.29 is 4.43 Å². The normalized spacial score (nSPS) is 43.1. The topological polar surface area (TPSA) is 9.23 Å². The predicted molar refractivity (Wildman–Crippen MR) is 150 cm³/mol. The molecule has 0 N–H and O–H groups in total. The van der Waals surface area contributed by atoms with E-state index >= 15 is 0 Å². The van der Waals surface area contributed by atoms with Gasteiger partial charge in [-0.05, 0) is 130 Å². The smallest absolute Gasteiger partial charge is 0.184 e. The molecule has 4 rings (SSSR count). The van der Waals surface area contributed by atoms with Crippen LogP contribution in [0.5, 0.6) is 0 Å². The van der Waals surface area contributed by atoms with Crippen LogP contribution in [0, 0.1) is 52.3 Å². The first-order chi connectivity index (χ1) is 15.8. The second-order valence-electron chi connectivity index (χ2n) is 14.9. The molecule has 3 fully saturated rings. The van der Waals surface area contributed by atoms with E-state index in [-0.39, 0.29) is 0 Å². The Hall–Kier alpha value is -0.343. The van der Waals surface area contributed by atoms with Gasteiger partial charge in [0.2, 0.25) is 0 Å². The minimum absolute atomic E-state index is 0.489. The van der Waals surface area contributed by atoms with Gasteiger partial charge in [0.05, 0.1) is 0 Å². The lowest BCUT2D eigenvalue weighted by atomic mass is 9.46. The van der Waals surface area contributed by atoms with Gasteiger partial charge in [0.1, 0.15) is 0 Å². The molecule has 0 radical (unpaired) electrons. The number of fused-ring (bicyclic) bond motifs is 5. The van der Waals surface area contributed by atoms with Crippen LogP contribution >= 0.6 is 0 Å². The second-order valence-corrected chi connectivity index (χ2v) is 19.3. The summed E-state index contributed by atoms with van der Waals surface area (Å²) in [6, 6.07) is 0. The highest BCUT2D eigenvalue weighted by Crippen LogP contribution is 2.67. The molecule has 0 aromatic heterocycles. The van der Waals surface area contributed by atoms with Crippen molar-refractivity contribution in [1.29, 1.82) is 0 Å². The minimum atomic E-state index is -1.49. The molecule has 3 saturated carbocycles. The Morgan fingerprint density at radius 3 is 2.32 bits per heavy atom. The number of hydrogen-bond acceptors (Lipinski definition) is 1. The first-order valence-electron chi connectivity index (χ1n) is 14.8. The summed E-state index contributed by atoms with van der Waals surface area (Å²) >= 11 is 0. The molecule has 0 aromatic carbocycles. The van der Waals surface area contributed by atoms with Crippen molar-refractivity contribution in [2.75, 3.05) is 0 Å². The van der Waals surface area contributed by atoms with Crippen LogP contribution in [-0.4, -0.2) is 14.4 Å². The van der Waals surface area contributed by atoms with Gasteiger partial charge in [-0.3, -0.25) is 0 Å².